The van der Waals surface area contributed by atoms with Crippen LogP contribution in [0.15, 0.2) is 53.6 Å². The first-order chi connectivity index (χ1) is 13.0. The van der Waals surface area contributed by atoms with E-state index in [1.165, 1.54) is 0 Å². The molecule has 5 nitrogen and oxygen atoms in total. The van der Waals surface area contributed by atoms with Crippen molar-refractivity contribution in [2.24, 2.45) is 0 Å². The lowest BCUT2D eigenvalue weighted by molar-refractivity contribution is 0.393. The molecule has 27 heavy (non-hydrogen) atoms. The smallest absolute Gasteiger partial charge is 0.201 e. The highest BCUT2D eigenvalue weighted by atomic mass is 16.5. The molecule has 0 bridgehead atoms. The number of imidazole rings is 1. The van der Waals surface area contributed by atoms with E-state index in [1.807, 2.05) is 33.8 Å². The van der Waals surface area contributed by atoms with Gasteiger partial charge in [0.25, 0.3) is 0 Å². The van der Waals surface area contributed by atoms with Crippen molar-refractivity contribution in [2.45, 2.75) is 34.6 Å². The van der Waals surface area contributed by atoms with Gasteiger partial charge in [-0.15, -0.1) is 0 Å². The molecule has 0 amide bonds. The number of aryl methyl sites for hydroxylation is 3. The van der Waals surface area contributed by atoms with Gasteiger partial charge in [0, 0.05) is 12.1 Å². The summed E-state index contributed by atoms with van der Waals surface area (Å²) in [6, 6.07) is 4.20. The zero-order chi connectivity index (χ0) is 20.0. The molecule has 0 atom stereocenters. The number of benzene rings is 1. The number of H-pyrrole nitrogens is 1. The second-order valence-corrected chi connectivity index (χ2v) is 6.01. The molecule has 0 unspecified atom stereocenters. The molecule has 2 heterocycles. The first kappa shape index (κ1) is 20.2. The molecule has 0 aliphatic heterocycles. The normalized spacial score (nSPS) is 11.1. The minimum absolute atomic E-state index is 0.630. The van der Waals surface area contributed by atoms with Gasteiger partial charge in [0.05, 0.1) is 16.7 Å². The molecule has 1 aromatic carbocycles. The molecule has 3 rings (SSSR count). The number of nitrogens with zero attached hydrogens (tertiary/aromatic N) is 2. The fourth-order valence-electron chi connectivity index (χ4n) is 2.95. The molecule has 2 N–H and O–H groups in total. The van der Waals surface area contributed by atoms with Crippen molar-refractivity contribution in [2.75, 3.05) is 11.9 Å². The van der Waals surface area contributed by atoms with E-state index >= 15 is 0 Å². The van der Waals surface area contributed by atoms with Gasteiger partial charge in [-0.3, -0.25) is 0 Å². The van der Waals surface area contributed by atoms with Crippen molar-refractivity contribution in [3.63, 3.8) is 0 Å². The molecular formula is C22H28N4O. The maximum atomic E-state index is 5.30. The molecule has 0 saturated carbocycles. The zero-order valence-electron chi connectivity index (χ0n) is 16.8. The quantitative estimate of drug-likeness (QED) is 0.536. The molecule has 0 radical (unpaired) electrons. The number of aromatic nitrogens is 3. The first-order valence-corrected chi connectivity index (χ1v) is 9.15. The highest BCUT2D eigenvalue weighted by Gasteiger charge is 2.14. The van der Waals surface area contributed by atoms with E-state index in [0.717, 1.165) is 50.7 Å². The van der Waals surface area contributed by atoms with Crippen LogP contribution in [-0.2, 0) is 0 Å². The molecule has 0 saturated heterocycles. The largest absolute Gasteiger partial charge is 0.361 e. The highest BCUT2D eigenvalue weighted by molar-refractivity contribution is 5.87. The second kappa shape index (κ2) is 9.03. The third kappa shape index (κ3) is 4.37. The molecular weight excluding hydrogens is 336 g/mol. The lowest BCUT2D eigenvalue weighted by atomic mass is 10.0. The molecule has 0 aliphatic rings. The Balaban J connectivity index is 0.00000126. The number of rotatable bonds is 6. The number of nitrogens with one attached hydrogen (secondary N) is 2. The van der Waals surface area contributed by atoms with E-state index in [1.54, 1.807) is 12.2 Å². The average molecular weight is 364 g/mol. The Hall–Kier alpha value is -3.08. The number of anilines is 1. The summed E-state index contributed by atoms with van der Waals surface area (Å²) in [5, 5.41) is 7.34. The van der Waals surface area contributed by atoms with E-state index in [2.05, 4.69) is 52.7 Å². The summed E-state index contributed by atoms with van der Waals surface area (Å²) in [5.74, 6) is 1.55. The van der Waals surface area contributed by atoms with Gasteiger partial charge in [-0.1, -0.05) is 50.4 Å². The van der Waals surface area contributed by atoms with E-state index in [9.17, 15) is 0 Å². The Morgan fingerprint density at radius 3 is 2.56 bits per heavy atom. The molecule has 5 heteroatoms. The fourth-order valence-corrected chi connectivity index (χ4v) is 2.95. The predicted molar refractivity (Wildman–Crippen MR) is 114 cm³/mol. The van der Waals surface area contributed by atoms with Crippen LogP contribution in [0, 0.1) is 20.8 Å². The summed E-state index contributed by atoms with van der Waals surface area (Å²) >= 11 is 0. The Kier molecular flexibility index (Phi) is 6.77. The Labute approximate surface area is 160 Å². The molecule has 3 aromatic rings. The topological polar surface area (TPSA) is 66.7 Å². The van der Waals surface area contributed by atoms with Gasteiger partial charge in [-0.25, -0.2) is 4.98 Å². The van der Waals surface area contributed by atoms with Crippen molar-refractivity contribution < 1.29 is 4.52 Å². The van der Waals surface area contributed by atoms with Crippen LogP contribution in [0.1, 0.15) is 30.9 Å². The van der Waals surface area contributed by atoms with E-state index in [-0.39, 0.29) is 0 Å². The minimum atomic E-state index is 0.630. The van der Waals surface area contributed by atoms with Gasteiger partial charge in [0.15, 0.2) is 0 Å². The van der Waals surface area contributed by atoms with Crippen molar-refractivity contribution in [3.05, 3.63) is 66.1 Å². The zero-order valence-corrected chi connectivity index (χ0v) is 16.8. The van der Waals surface area contributed by atoms with Crippen molar-refractivity contribution in [1.29, 1.82) is 0 Å². The summed E-state index contributed by atoms with van der Waals surface area (Å²) < 4.78 is 5.30. The van der Waals surface area contributed by atoms with Crippen LogP contribution in [0.5, 0.6) is 0 Å². The lowest BCUT2D eigenvalue weighted by Crippen LogP contribution is -2.04. The fraction of sp³-hybridized carbons (Fsp3) is 0.273. The maximum Gasteiger partial charge on any atom is 0.201 e. The monoisotopic (exact) mass is 364 g/mol. The number of aromatic amines is 1. The van der Waals surface area contributed by atoms with Crippen LogP contribution in [-0.4, -0.2) is 21.7 Å². The van der Waals surface area contributed by atoms with Gasteiger partial charge in [-0.2, -0.15) is 0 Å². The van der Waals surface area contributed by atoms with Gasteiger partial charge in [-0.05, 0) is 49.6 Å². The third-order valence-corrected chi connectivity index (χ3v) is 4.15. The van der Waals surface area contributed by atoms with Crippen molar-refractivity contribution in [1.82, 2.24) is 15.1 Å². The van der Waals surface area contributed by atoms with E-state index in [0.29, 0.717) is 6.54 Å². The third-order valence-electron chi connectivity index (χ3n) is 4.15. The summed E-state index contributed by atoms with van der Waals surface area (Å²) in [6.07, 6.45) is 5.47. The highest BCUT2D eigenvalue weighted by Crippen LogP contribution is 2.31. The minimum Gasteiger partial charge on any atom is -0.361 e. The van der Waals surface area contributed by atoms with Gasteiger partial charge >= 0.3 is 0 Å². The summed E-state index contributed by atoms with van der Waals surface area (Å²) in [4.78, 5) is 7.99. The number of fused-ring (bicyclic) bond motifs is 1. The van der Waals surface area contributed by atoms with Crippen LogP contribution in [0.4, 0.5) is 5.95 Å². The Morgan fingerprint density at radius 2 is 1.96 bits per heavy atom. The maximum absolute atomic E-state index is 5.30. The van der Waals surface area contributed by atoms with Crippen LogP contribution in [0.25, 0.3) is 22.2 Å². The van der Waals surface area contributed by atoms with Crippen LogP contribution >= 0.6 is 0 Å². The molecule has 2 aromatic heterocycles. The van der Waals surface area contributed by atoms with Gasteiger partial charge in [0.1, 0.15) is 5.76 Å². The Bertz CT molecular complexity index is 956. The number of allylic oxidation sites excluding steroid dienone is 2. The molecule has 0 spiro atoms. The summed E-state index contributed by atoms with van der Waals surface area (Å²) in [5.41, 5.74) is 7.08. The van der Waals surface area contributed by atoms with E-state index < -0.39 is 0 Å². The average Bonchev–Trinajstić information content (AvgIpc) is 3.23. The second-order valence-electron chi connectivity index (χ2n) is 6.01. The Morgan fingerprint density at radius 1 is 1.22 bits per heavy atom. The number of hydrogen-bond acceptors (Lipinski definition) is 4. The van der Waals surface area contributed by atoms with Crippen molar-refractivity contribution >= 4 is 17.0 Å². The van der Waals surface area contributed by atoms with Gasteiger partial charge < -0.3 is 14.8 Å². The molecule has 142 valence electrons. The van der Waals surface area contributed by atoms with E-state index in [4.69, 9.17) is 4.52 Å². The first-order valence-electron chi connectivity index (χ1n) is 9.15. The summed E-state index contributed by atoms with van der Waals surface area (Å²) in [7, 11) is 0. The van der Waals surface area contributed by atoms with Crippen LogP contribution in [0.3, 0.4) is 0 Å². The van der Waals surface area contributed by atoms with Crippen LogP contribution in [0.2, 0.25) is 0 Å². The summed E-state index contributed by atoms with van der Waals surface area (Å²) in [6.45, 7) is 18.1. The SMILES string of the molecule is C=C/C=C(\C=C)CNc1nc2c(C)cc(-c3c(C)noc3C)cc2[nH]1.CC. The van der Waals surface area contributed by atoms with Gasteiger partial charge in [0.2, 0.25) is 5.95 Å². The van der Waals surface area contributed by atoms with Crippen LogP contribution < -0.4 is 5.32 Å². The predicted octanol–water partition coefficient (Wildman–Crippen LogP) is 5.88. The standard InChI is InChI=1S/C20H22N4O.C2H6/c1-6-8-15(7-2)11-21-20-22-17-10-16(9-12(3)19(17)23-20)18-13(4)24-25-14(18)5;1-2/h6-10H,1-2,11H2,3-5H3,(H2,21,22,23);1-2H3/b15-8+;. The molecule has 0 aliphatic carbocycles. The lowest BCUT2D eigenvalue weighted by Gasteiger charge is -2.03. The van der Waals surface area contributed by atoms with Crippen molar-refractivity contribution in [3.8, 4) is 11.1 Å². The molecule has 0 fully saturated rings. The number of hydrogen-bond donors (Lipinski definition) is 2.